The summed E-state index contributed by atoms with van der Waals surface area (Å²) in [5, 5.41) is 3.31. The number of hydrogen-bond donors (Lipinski definition) is 2. The standard InChI is InChI=1S/C30H39F2N7O3/c1-19-14-39(15-20(2)37(19)4)28-11-25(32)24(26-5-6-33-30(36-26)38-7-8-42-21(3)16-38)10-27(28)35-18-41-17-23-13-34-29(40)9-22(23)12-31/h5-6,9-11,13,19-21,35H,7-8,12,14-18H2,1-4H3,(H,34,40)/t19-,20+,21-/m1/s1. The molecule has 42 heavy (non-hydrogen) atoms. The molecule has 3 atom stereocenters. The van der Waals surface area contributed by atoms with Crippen molar-refractivity contribution in [2.75, 3.05) is 61.7 Å². The molecule has 2 N–H and O–H groups in total. The van der Waals surface area contributed by atoms with E-state index in [4.69, 9.17) is 14.5 Å². The fourth-order valence-electron chi connectivity index (χ4n) is 5.51. The lowest BCUT2D eigenvalue weighted by Gasteiger charge is -2.44. The summed E-state index contributed by atoms with van der Waals surface area (Å²) >= 11 is 0. The van der Waals surface area contributed by atoms with Crippen molar-refractivity contribution in [3.8, 4) is 11.3 Å². The predicted molar refractivity (Wildman–Crippen MR) is 159 cm³/mol. The highest BCUT2D eigenvalue weighted by Gasteiger charge is 2.29. The fraction of sp³-hybridized carbons (Fsp3) is 0.500. The van der Waals surface area contributed by atoms with Crippen LogP contribution >= 0.6 is 0 Å². The Kier molecular flexibility index (Phi) is 9.34. The van der Waals surface area contributed by atoms with Crippen LogP contribution in [0.4, 0.5) is 26.1 Å². The minimum absolute atomic E-state index is 0.0586. The molecule has 0 radical (unpaired) electrons. The Balaban J connectivity index is 1.42. The van der Waals surface area contributed by atoms with E-state index in [1.54, 1.807) is 24.4 Å². The lowest BCUT2D eigenvalue weighted by Crippen LogP contribution is -2.55. The van der Waals surface area contributed by atoms with E-state index in [0.29, 0.717) is 48.2 Å². The number of hydrogen-bond acceptors (Lipinski definition) is 9. The van der Waals surface area contributed by atoms with Gasteiger partial charge in [0.2, 0.25) is 11.5 Å². The molecule has 2 saturated heterocycles. The van der Waals surface area contributed by atoms with Crippen LogP contribution < -0.4 is 20.7 Å². The van der Waals surface area contributed by atoms with Gasteiger partial charge in [0.05, 0.1) is 36.4 Å². The largest absolute Gasteiger partial charge is 0.375 e. The van der Waals surface area contributed by atoms with Gasteiger partial charge in [-0.3, -0.25) is 9.69 Å². The number of benzene rings is 1. The first-order valence-electron chi connectivity index (χ1n) is 14.3. The van der Waals surface area contributed by atoms with Gasteiger partial charge in [-0.25, -0.2) is 18.7 Å². The third-order valence-electron chi connectivity index (χ3n) is 8.10. The number of morpholine rings is 1. The second kappa shape index (κ2) is 13.1. The number of halogens is 2. The van der Waals surface area contributed by atoms with Crippen molar-refractivity contribution in [2.45, 2.75) is 52.2 Å². The average Bonchev–Trinajstić information content (AvgIpc) is 2.98. The van der Waals surface area contributed by atoms with Gasteiger partial charge < -0.3 is 29.6 Å². The number of rotatable bonds is 9. The van der Waals surface area contributed by atoms with Gasteiger partial charge in [0, 0.05) is 62.3 Å². The van der Waals surface area contributed by atoms with Crippen LogP contribution in [-0.4, -0.2) is 84.6 Å². The Labute approximate surface area is 244 Å². The highest BCUT2D eigenvalue weighted by atomic mass is 19.1. The zero-order chi connectivity index (χ0) is 29.8. The van der Waals surface area contributed by atoms with Crippen molar-refractivity contribution in [1.29, 1.82) is 0 Å². The summed E-state index contributed by atoms with van der Waals surface area (Å²) in [7, 11) is 2.10. The molecule has 0 unspecified atom stereocenters. The Morgan fingerprint density at radius 2 is 1.90 bits per heavy atom. The zero-order valence-electron chi connectivity index (χ0n) is 24.6. The summed E-state index contributed by atoms with van der Waals surface area (Å²) in [6.07, 6.45) is 3.18. The van der Waals surface area contributed by atoms with E-state index in [9.17, 15) is 9.18 Å². The molecule has 0 aliphatic carbocycles. The predicted octanol–water partition coefficient (Wildman–Crippen LogP) is 3.78. The maximum absolute atomic E-state index is 15.8. The third kappa shape index (κ3) is 6.71. The number of aromatic nitrogens is 3. The molecule has 4 heterocycles. The van der Waals surface area contributed by atoms with Gasteiger partial charge in [0.1, 0.15) is 19.2 Å². The quantitative estimate of drug-likeness (QED) is 0.288. The minimum Gasteiger partial charge on any atom is -0.375 e. The van der Waals surface area contributed by atoms with E-state index in [2.05, 4.69) is 46.0 Å². The van der Waals surface area contributed by atoms with Crippen LogP contribution in [0.25, 0.3) is 11.3 Å². The Morgan fingerprint density at radius 1 is 1.12 bits per heavy atom. The van der Waals surface area contributed by atoms with E-state index < -0.39 is 6.67 Å². The molecule has 226 valence electrons. The molecule has 3 aromatic rings. The maximum Gasteiger partial charge on any atom is 0.248 e. The lowest BCUT2D eigenvalue weighted by molar-refractivity contribution is 0.0526. The van der Waals surface area contributed by atoms with Gasteiger partial charge >= 0.3 is 0 Å². The fourth-order valence-corrected chi connectivity index (χ4v) is 5.51. The molecule has 2 aliphatic rings. The SMILES string of the molecule is C[C@@H]1CN(c2nccc(-c3cc(NCOCc4c[nH]c(=O)cc4CF)c(N4C[C@@H](C)N(C)[C@@H](C)C4)cc3F)n2)CCO1. The first kappa shape index (κ1) is 29.9. The summed E-state index contributed by atoms with van der Waals surface area (Å²) in [4.78, 5) is 29.8. The molecular formula is C30H39F2N7O3. The Bertz CT molecular complexity index is 1430. The topological polar surface area (TPSA) is 98.8 Å². The molecule has 1 aromatic carbocycles. The first-order valence-corrected chi connectivity index (χ1v) is 14.3. The number of pyridine rings is 1. The van der Waals surface area contributed by atoms with Gasteiger partial charge in [-0.05, 0) is 57.1 Å². The van der Waals surface area contributed by atoms with Crippen molar-refractivity contribution >= 4 is 17.3 Å². The van der Waals surface area contributed by atoms with E-state index in [1.807, 2.05) is 11.8 Å². The van der Waals surface area contributed by atoms with Gasteiger partial charge in [0.25, 0.3) is 0 Å². The van der Waals surface area contributed by atoms with Crippen LogP contribution in [0, 0.1) is 5.82 Å². The number of anilines is 3. The van der Waals surface area contributed by atoms with Crippen LogP contribution in [-0.2, 0) is 22.8 Å². The molecule has 0 saturated carbocycles. The normalized spacial score (nSPS) is 21.5. The van der Waals surface area contributed by atoms with Crippen LogP contribution in [0.3, 0.4) is 0 Å². The van der Waals surface area contributed by atoms with E-state index in [1.165, 1.54) is 12.3 Å². The molecule has 12 heteroatoms. The number of H-pyrrole nitrogens is 1. The molecule has 2 fully saturated rings. The monoisotopic (exact) mass is 583 g/mol. The number of alkyl halides is 1. The van der Waals surface area contributed by atoms with Gasteiger partial charge in [0.15, 0.2) is 0 Å². The lowest BCUT2D eigenvalue weighted by atomic mass is 10.0. The highest BCUT2D eigenvalue weighted by Crippen LogP contribution is 2.35. The van der Waals surface area contributed by atoms with Crippen molar-refractivity contribution < 1.29 is 18.3 Å². The molecule has 5 rings (SSSR count). The Hall–Kier alpha value is -3.61. The third-order valence-corrected chi connectivity index (χ3v) is 8.10. The van der Waals surface area contributed by atoms with Gasteiger partial charge in [-0.1, -0.05) is 0 Å². The molecule has 2 aliphatic heterocycles. The summed E-state index contributed by atoms with van der Waals surface area (Å²) in [6, 6.07) is 6.83. The molecular weight excluding hydrogens is 544 g/mol. The average molecular weight is 584 g/mol. The summed E-state index contributed by atoms with van der Waals surface area (Å²) < 4.78 is 40.7. The smallest absolute Gasteiger partial charge is 0.248 e. The highest BCUT2D eigenvalue weighted by molar-refractivity contribution is 5.78. The summed E-state index contributed by atoms with van der Waals surface area (Å²) in [5.41, 5.74) is 2.75. The van der Waals surface area contributed by atoms with Crippen LogP contribution in [0.5, 0.6) is 0 Å². The molecule has 10 nitrogen and oxygen atoms in total. The van der Waals surface area contributed by atoms with Crippen LogP contribution in [0.1, 0.15) is 31.9 Å². The van der Waals surface area contributed by atoms with Crippen LogP contribution in [0.15, 0.2) is 41.5 Å². The van der Waals surface area contributed by atoms with Crippen molar-refractivity contribution in [1.82, 2.24) is 19.9 Å². The van der Waals surface area contributed by atoms with Crippen LogP contribution in [0.2, 0.25) is 0 Å². The number of aromatic amines is 1. The van der Waals surface area contributed by atoms with E-state index in [0.717, 1.165) is 18.8 Å². The van der Waals surface area contributed by atoms with Crippen molar-refractivity contribution in [3.05, 3.63) is 64.0 Å². The van der Waals surface area contributed by atoms with Crippen molar-refractivity contribution in [2.24, 2.45) is 0 Å². The van der Waals surface area contributed by atoms with Crippen molar-refractivity contribution in [3.63, 3.8) is 0 Å². The number of nitrogens with one attached hydrogen (secondary N) is 2. The Morgan fingerprint density at radius 3 is 2.64 bits per heavy atom. The zero-order valence-corrected chi connectivity index (χ0v) is 24.6. The van der Waals surface area contributed by atoms with E-state index in [-0.39, 0.29) is 48.5 Å². The maximum atomic E-state index is 15.8. The van der Waals surface area contributed by atoms with E-state index >= 15 is 4.39 Å². The molecule has 0 bridgehead atoms. The second-order valence-corrected chi connectivity index (χ2v) is 11.1. The minimum atomic E-state index is -0.758. The van der Waals surface area contributed by atoms with Gasteiger partial charge in [-0.2, -0.15) is 0 Å². The summed E-state index contributed by atoms with van der Waals surface area (Å²) in [5.74, 6) is 0.159. The molecule has 0 amide bonds. The summed E-state index contributed by atoms with van der Waals surface area (Å²) in [6.45, 7) is 9.13. The molecule has 0 spiro atoms. The first-order chi connectivity index (χ1) is 20.2. The number of likely N-dealkylation sites (N-methyl/N-ethyl adjacent to an activating group) is 1. The number of ether oxygens (including phenoxy) is 2. The van der Waals surface area contributed by atoms with Gasteiger partial charge in [-0.15, -0.1) is 0 Å². The number of piperazine rings is 1. The molecule has 2 aromatic heterocycles. The number of nitrogens with zero attached hydrogens (tertiary/aromatic N) is 5. The second-order valence-electron chi connectivity index (χ2n) is 11.1.